The summed E-state index contributed by atoms with van der Waals surface area (Å²) in [5, 5.41) is 0. The molecule has 0 aliphatic carbocycles. The number of hydrogen-bond donors (Lipinski definition) is 0. The summed E-state index contributed by atoms with van der Waals surface area (Å²) in [6, 6.07) is 8.54. The van der Waals surface area contributed by atoms with E-state index in [1.807, 2.05) is 0 Å². The van der Waals surface area contributed by atoms with Crippen molar-refractivity contribution in [1.82, 2.24) is 9.80 Å². The van der Waals surface area contributed by atoms with Crippen LogP contribution in [0.1, 0.15) is 48.6 Å². The van der Waals surface area contributed by atoms with E-state index in [9.17, 15) is 35.1 Å². The third-order valence-electron chi connectivity index (χ3n) is 8.86. The molecular formula is C34H45ClF8N2O5. The molecule has 0 aromatic heterocycles. The van der Waals surface area contributed by atoms with Gasteiger partial charge >= 0.3 is 12.4 Å². The molecule has 2 aliphatic heterocycles. The predicted octanol–water partition coefficient (Wildman–Crippen LogP) is 7.37. The van der Waals surface area contributed by atoms with Crippen molar-refractivity contribution in [2.75, 3.05) is 79.9 Å². The summed E-state index contributed by atoms with van der Waals surface area (Å²) in [6.45, 7) is -0.161. The van der Waals surface area contributed by atoms with E-state index in [2.05, 4.69) is 0 Å². The van der Waals surface area contributed by atoms with Crippen LogP contribution in [0.25, 0.3) is 0 Å². The lowest BCUT2D eigenvalue weighted by atomic mass is 9.90. The molecule has 4 atom stereocenters. The molecule has 7 nitrogen and oxygen atoms in total. The first kappa shape index (κ1) is 42.0. The number of benzene rings is 2. The average Bonchev–Trinajstić information content (AvgIpc) is 3.05. The lowest BCUT2D eigenvalue weighted by Gasteiger charge is -2.39. The van der Waals surface area contributed by atoms with Gasteiger partial charge in [0, 0.05) is 40.4 Å². The van der Waals surface area contributed by atoms with Gasteiger partial charge in [-0.15, -0.1) is 12.4 Å². The molecule has 0 radical (unpaired) electrons. The van der Waals surface area contributed by atoms with E-state index in [-0.39, 0.29) is 88.3 Å². The van der Waals surface area contributed by atoms with Gasteiger partial charge in [-0.25, -0.2) is 8.78 Å². The molecule has 4 rings (SSSR count). The van der Waals surface area contributed by atoms with Crippen LogP contribution in [-0.2, 0) is 14.2 Å². The Morgan fingerprint density at radius 1 is 0.660 bits per heavy atom. The van der Waals surface area contributed by atoms with Crippen molar-refractivity contribution in [3.05, 3.63) is 59.2 Å². The zero-order chi connectivity index (χ0) is 35.6. The fraction of sp³-hybridized carbons (Fsp3) is 0.647. The summed E-state index contributed by atoms with van der Waals surface area (Å²) in [5.74, 6) is -1.77. The van der Waals surface area contributed by atoms with Crippen molar-refractivity contribution >= 4 is 12.4 Å². The Hall–Kier alpha value is -2.43. The number of methoxy groups -OCH3 is 2. The van der Waals surface area contributed by atoms with Gasteiger partial charge in [0.1, 0.15) is 13.2 Å². The molecule has 0 bridgehead atoms. The van der Waals surface area contributed by atoms with Crippen LogP contribution in [0.2, 0.25) is 0 Å². The maximum Gasteiger partial charge on any atom is 0.415 e. The fourth-order valence-corrected chi connectivity index (χ4v) is 6.34. The van der Waals surface area contributed by atoms with Gasteiger partial charge in [0.25, 0.3) is 0 Å². The summed E-state index contributed by atoms with van der Waals surface area (Å²) in [5.41, 5.74) is 1.32. The van der Waals surface area contributed by atoms with Crippen molar-refractivity contribution in [1.29, 1.82) is 0 Å². The van der Waals surface area contributed by atoms with Gasteiger partial charge in [0.2, 0.25) is 0 Å². The first-order valence-electron chi connectivity index (χ1n) is 16.3. The van der Waals surface area contributed by atoms with E-state index < -0.39 is 49.3 Å². The maximum atomic E-state index is 14.3. The Kier molecular flexibility index (Phi) is 16.3. The first-order valence-corrected chi connectivity index (χ1v) is 16.3. The standard InChI is InChI=1S/C34H44F8N2O5.ClH/c1-45-13-15-47-29-17-23(7-9-27(29)35)25-5-3-11-43(19-25)21-31(33(37,38)39)49-32(34(40,41)42)22-44-12-4-6-26(20-44)24-8-10-28(36)30(18-24)48-16-14-46-2;/h7-10,17-18,25-26,31-32H,3-6,11-16,19-22H2,1-2H3;1H/t25-,26-,31-,32-;/m0./s1. The van der Waals surface area contributed by atoms with Crippen LogP contribution in [-0.4, -0.2) is 114 Å². The second-order valence-corrected chi connectivity index (χ2v) is 12.5. The molecule has 0 N–H and O–H groups in total. The van der Waals surface area contributed by atoms with Gasteiger partial charge in [0.05, 0.1) is 13.2 Å². The monoisotopic (exact) mass is 748 g/mol. The third-order valence-corrected chi connectivity index (χ3v) is 8.86. The highest BCUT2D eigenvalue weighted by Crippen LogP contribution is 2.36. The molecule has 16 heteroatoms. The van der Waals surface area contributed by atoms with Gasteiger partial charge < -0.3 is 23.7 Å². The van der Waals surface area contributed by atoms with E-state index in [1.54, 1.807) is 0 Å². The molecule has 0 spiro atoms. The largest absolute Gasteiger partial charge is 0.488 e. The molecule has 2 saturated heterocycles. The average molecular weight is 749 g/mol. The number of ether oxygens (including phenoxy) is 5. The Balaban J connectivity index is 0.00000676. The molecule has 0 amide bonds. The second kappa shape index (κ2) is 19.4. The molecule has 284 valence electrons. The van der Waals surface area contributed by atoms with E-state index in [4.69, 9.17) is 23.7 Å². The number of likely N-dealkylation sites (tertiary alicyclic amines) is 2. The van der Waals surface area contributed by atoms with Crippen LogP contribution in [0.4, 0.5) is 35.1 Å². The molecule has 2 fully saturated rings. The zero-order valence-electron chi connectivity index (χ0n) is 28.0. The van der Waals surface area contributed by atoms with Crippen molar-refractivity contribution < 1.29 is 58.8 Å². The quantitative estimate of drug-likeness (QED) is 0.131. The normalized spacial score (nSPS) is 20.6. The number of halogens is 9. The molecule has 2 aromatic carbocycles. The van der Waals surface area contributed by atoms with Crippen molar-refractivity contribution in [2.45, 2.75) is 62.1 Å². The van der Waals surface area contributed by atoms with Gasteiger partial charge in [-0.1, -0.05) is 12.1 Å². The van der Waals surface area contributed by atoms with Crippen molar-refractivity contribution in [3.63, 3.8) is 0 Å². The topological polar surface area (TPSA) is 52.6 Å². The summed E-state index contributed by atoms with van der Waals surface area (Å²) < 4.78 is 140. The maximum absolute atomic E-state index is 14.3. The minimum absolute atomic E-state index is 0. The van der Waals surface area contributed by atoms with Crippen LogP contribution in [0.3, 0.4) is 0 Å². The predicted molar refractivity (Wildman–Crippen MR) is 172 cm³/mol. The molecule has 50 heavy (non-hydrogen) atoms. The Morgan fingerprint density at radius 2 is 1.06 bits per heavy atom. The molecule has 2 aromatic rings. The lowest BCUT2D eigenvalue weighted by molar-refractivity contribution is -0.290. The molecule has 0 saturated carbocycles. The summed E-state index contributed by atoms with van der Waals surface area (Å²) in [4.78, 5) is 2.90. The van der Waals surface area contributed by atoms with Crippen LogP contribution in [0, 0.1) is 11.6 Å². The summed E-state index contributed by atoms with van der Waals surface area (Å²) in [6.07, 6.45) is -13.3. The van der Waals surface area contributed by atoms with Crippen LogP contribution < -0.4 is 9.47 Å². The Morgan fingerprint density at radius 3 is 1.42 bits per heavy atom. The van der Waals surface area contributed by atoms with Crippen LogP contribution >= 0.6 is 12.4 Å². The van der Waals surface area contributed by atoms with Gasteiger partial charge in [0.15, 0.2) is 35.3 Å². The van der Waals surface area contributed by atoms with Gasteiger partial charge in [-0.3, -0.25) is 9.80 Å². The molecule has 0 unspecified atom stereocenters. The highest BCUT2D eigenvalue weighted by molar-refractivity contribution is 5.85. The Bertz CT molecular complexity index is 1220. The third kappa shape index (κ3) is 12.4. The lowest BCUT2D eigenvalue weighted by Crippen LogP contribution is -2.52. The SMILES string of the molecule is COCCOc1cc([C@H]2CCCN(C[C@H](O[C@@H](CN3CCC[C@H](c4ccc(F)c(OCCOC)c4)C3)C(F)(F)F)C(F)(F)F)C2)ccc1F.Cl. The highest BCUT2D eigenvalue weighted by Gasteiger charge is 2.50. The number of alkyl halides is 6. The second-order valence-electron chi connectivity index (χ2n) is 12.5. The molecular weight excluding hydrogens is 704 g/mol. The minimum atomic E-state index is -5.06. The van der Waals surface area contributed by atoms with Crippen molar-refractivity contribution in [3.8, 4) is 11.5 Å². The fourth-order valence-electron chi connectivity index (χ4n) is 6.34. The van der Waals surface area contributed by atoms with Gasteiger partial charge in [-0.05, 0) is 86.0 Å². The number of piperidine rings is 2. The summed E-state index contributed by atoms with van der Waals surface area (Å²) >= 11 is 0. The van der Waals surface area contributed by atoms with E-state index in [1.165, 1.54) is 60.4 Å². The van der Waals surface area contributed by atoms with Crippen LogP contribution in [0.15, 0.2) is 36.4 Å². The first-order chi connectivity index (χ1) is 23.3. The van der Waals surface area contributed by atoms with E-state index in [0.717, 1.165) is 0 Å². The van der Waals surface area contributed by atoms with Crippen LogP contribution in [0.5, 0.6) is 11.5 Å². The van der Waals surface area contributed by atoms with Crippen molar-refractivity contribution in [2.24, 2.45) is 0 Å². The molecule has 2 heterocycles. The number of rotatable bonds is 16. The molecule has 2 aliphatic rings. The van der Waals surface area contributed by atoms with Gasteiger partial charge in [-0.2, -0.15) is 26.3 Å². The number of nitrogens with zero attached hydrogens (tertiary/aromatic N) is 2. The van der Waals surface area contributed by atoms with E-state index in [0.29, 0.717) is 36.8 Å². The van der Waals surface area contributed by atoms with E-state index >= 15 is 0 Å². The summed E-state index contributed by atoms with van der Waals surface area (Å²) in [7, 11) is 2.94. The smallest absolute Gasteiger partial charge is 0.415 e. The Labute approximate surface area is 293 Å². The minimum Gasteiger partial charge on any atom is -0.488 e. The highest BCUT2D eigenvalue weighted by atomic mass is 35.5. The number of hydrogen-bond acceptors (Lipinski definition) is 7. The zero-order valence-corrected chi connectivity index (χ0v) is 28.9.